The summed E-state index contributed by atoms with van der Waals surface area (Å²) in [5.41, 5.74) is 2.96. The van der Waals surface area contributed by atoms with Crippen molar-refractivity contribution in [1.82, 2.24) is 25.5 Å². The summed E-state index contributed by atoms with van der Waals surface area (Å²) in [5, 5.41) is 6.63. The van der Waals surface area contributed by atoms with E-state index in [1.165, 1.54) is 5.56 Å². The SMILES string of the molecule is CC(C)NC(=O)[C@@H]1Cc2[nH]cnc2C2(CCN(C(=O)CCCc3ccccc3)CC2)N1. The summed E-state index contributed by atoms with van der Waals surface area (Å²) >= 11 is 0. The Labute approximate surface area is 184 Å². The van der Waals surface area contributed by atoms with E-state index in [0.29, 0.717) is 25.9 Å². The van der Waals surface area contributed by atoms with Crippen LogP contribution in [0.5, 0.6) is 0 Å². The Morgan fingerprint density at radius 3 is 2.68 bits per heavy atom. The number of likely N-dealkylation sites (tertiary alicyclic amines) is 1. The van der Waals surface area contributed by atoms with Gasteiger partial charge in [0.15, 0.2) is 0 Å². The normalized spacial score (nSPS) is 20.0. The van der Waals surface area contributed by atoms with E-state index < -0.39 is 0 Å². The molecule has 1 fully saturated rings. The molecule has 1 aromatic heterocycles. The second-order valence-electron chi connectivity index (χ2n) is 9.10. The number of piperidine rings is 1. The van der Waals surface area contributed by atoms with Crippen LogP contribution in [0.1, 0.15) is 56.5 Å². The standard InChI is InChI=1S/C24H33N5O2/c1-17(2)27-23(31)20-15-19-22(26-16-25-19)24(28-20)11-13-29(14-12-24)21(30)10-6-9-18-7-4-3-5-8-18/h3-5,7-8,16-17,20,28H,6,9-15H2,1-2H3,(H,25,26)(H,27,31)/t20-/m0/s1. The van der Waals surface area contributed by atoms with Crippen LogP contribution in [0.2, 0.25) is 0 Å². The largest absolute Gasteiger partial charge is 0.353 e. The molecular weight excluding hydrogens is 390 g/mol. The number of carbonyl (C=O) groups excluding carboxylic acids is 2. The molecule has 0 radical (unpaired) electrons. The molecule has 0 bridgehead atoms. The first-order valence-corrected chi connectivity index (χ1v) is 11.4. The van der Waals surface area contributed by atoms with E-state index in [1.54, 1.807) is 6.33 Å². The summed E-state index contributed by atoms with van der Waals surface area (Å²) < 4.78 is 0. The fourth-order valence-corrected chi connectivity index (χ4v) is 4.85. The molecule has 1 saturated heterocycles. The van der Waals surface area contributed by atoms with Gasteiger partial charge in [-0.3, -0.25) is 14.9 Å². The van der Waals surface area contributed by atoms with Crippen LogP contribution < -0.4 is 10.6 Å². The number of imidazole rings is 1. The van der Waals surface area contributed by atoms with Gasteiger partial charge in [-0.15, -0.1) is 0 Å². The smallest absolute Gasteiger partial charge is 0.237 e. The van der Waals surface area contributed by atoms with Gasteiger partial charge in [0, 0.05) is 37.7 Å². The van der Waals surface area contributed by atoms with Gasteiger partial charge >= 0.3 is 0 Å². The Morgan fingerprint density at radius 2 is 1.97 bits per heavy atom. The molecule has 1 aromatic carbocycles. The molecule has 2 aromatic rings. The Kier molecular flexibility index (Phi) is 6.41. The van der Waals surface area contributed by atoms with Gasteiger partial charge in [0.2, 0.25) is 11.8 Å². The van der Waals surface area contributed by atoms with Gasteiger partial charge in [-0.05, 0) is 45.1 Å². The lowest BCUT2D eigenvalue weighted by Gasteiger charge is -2.46. The Hall–Kier alpha value is -2.67. The number of hydrogen-bond acceptors (Lipinski definition) is 4. The molecule has 0 aliphatic carbocycles. The van der Waals surface area contributed by atoms with Crippen molar-refractivity contribution < 1.29 is 9.59 Å². The molecule has 3 heterocycles. The zero-order valence-corrected chi connectivity index (χ0v) is 18.5. The molecular formula is C24H33N5O2. The van der Waals surface area contributed by atoms with Crippen molar-refractivity contribution >= 4 is 11.8 Å². The number of fused-ring (bicyclic) bond motifs is 2. The molecule has 166 valence electrons. The van der Waals surface area contributed by atoms with Gasteiger partial charge in [0.1, 0.15) is 0 Å². The molecule has 2 amide bonds. The summed E-state index contributed by atoms with van der Waals surface area (Å²) in [6.45, 7) is 5.31. The maximum Gasteiger partial charge on any atom is 0.237 e. The topological polar surface area (TPSA) is 90.1 Å². The van der Waals surface area contributed by atoms with Crippen molar-refractivity contribution in [2.75, 3.05) is 13.1 Å². The Morgan fingerprint density at radius 1 is 1.23 bits per heavy atom. The molecule has 1 spiro atoms. The molecule has 4 rings (SSSR count). The molecule has 3 N–H and O–H groups in total. The highest BCUT2D eigenvalue weighted by Gasteiger charge is 2.46. The number of carbonyl (C=O) groups is 2. The van der Waals surface area contributed by atoms with Crippen molar-refractivity contribution in [3.05, 3.63) is 53.6 Å². The van der Waals surface area contributed by atoms with Crippen LogP contribution in [0, 0.1) is 0 Å². The first-order valence-electron chi connectivity index (χ1n) is 11.4. The van der Waals surface area contributed by atoms with Crippen LogP contribution in [0.25, 0.3) is 0 Å². The lowest BCUT2D eigenvalue weighted by molar-refractivity contribution is -0.134. The van der Waals surface area contributed by atoms with Gasteiger partial charge in [-0.2, -0.15) is 0 Å². The van der Waals surface area contributed by atoms with Crippen molar-refractivity contribution in [2.45, 2.75) is 70.0 Å². The molecule has 7 nitrogen and oxygen atoms in total. The number of rotatable bonds is 6. The van der Waals surface area contributed by atoms with Gasteiger partial charge < -0.3 is 15.2 Å². The number of aromatic nitrogens is 2. The quantitative estimate of drug-likeness (QED) is 0.665. The highest BCUT2D eigenvalue weighted by molar-refractivity contribution is 5.83. The van der Waals surface area contributed by atoms with Crippen LogP contribution in [-0.4, -0.2) is 51.9 Å². The zero-order valence-electron chi connectivity index (χ0n) is 18.5. The molecule has 2 aliphatic heterocycles. The lowest BCUT2D eigenvalue weighted by atomic mass is 9.78. The summed E-state index contributed by atoms with van der Waals surface area (Å²) in [5.74, 6) is 0.243. The van der Waals surface area contributed by atoms with Gasteiger partial charge in [0.05, 0.1) is 23.6 Å². The zero-order chi connectivity index (χ0) is 21.8. The number of nitrogens with one attached hydrogen (secondary N) is 3. The van der Waals surface area contributed by atoms with E-state index in [1.807, 2.05) is 36.9 Å². The lowest BCUT2D eigenvalue weighted by Crippen LogP contribution is -2.62. The number of benzene rings is 1. The molecule has 7 heteroatoms. The molecule has 31 heavy (non-hydrogen) atoms. The number of hydrogen-bond donors (Lipinski definition) is 3. The highest BCUT2D eigenvalue weighted by Crippen LogP contribution is 2.37. The van der Waals surface area contributed by atoms with Crippen molar-refractivity contribution in [3.8, 4) is 0 Å². The highest BCUT2D eigenvalue weighted by atomic mass is 16.2. The maximum atomic E-state index is 12.8. The molecule has 0 unspecified atom stereocenters. The van der Waals surface area contributed by atoms with E-state index in [0.717, 1.165) is 37.1 Å². The van der Waals surface area contributed by atoms with E-state index in [-0.39, 0.29) is 29.4 Å². The predicted molar refractivity (Wildman–Crippen MR) is 119 cm³/mol. The minimum absolute atomic E-state index is 0.0223. The van der Waals surface area contributed by atoms with Crippen LogP contribution in [0.4, 0.5) is 0 Å². The third-order valence-corrected chi connectivity index (χ3v) is 6.45. The Balaban J connectivity index is 1.36. The average Bonchev–Trinajstić information content (AvgIpc) is 3.24. The molecule has 2 aliphatic rings. The van der Waals surface area contributed by atoms with E-state index >= 15 is 0 Å². The summed E-state index contributed by atoms with van der Waals surface area (Å²) in [4.78, 5) is 35.3. The van der Waals surface area contributed by atoms with Crippen LogP contribution in [0.15, 0.2) is 36.7 Å². The maximum absolute atomic E-state index is 12.8. The third-order valence-electron chi connectivity index (χ3n) is 6.45. The van der Waals surface area contributed by atoms with Gasteiger partial charge in [-0.25, -0.2) is 4.98 Å². The molecule has 0 saturated carbocycles. The number of H-pyrrole nitrogens is 1. The number of aromatic amines is 1. The minimum Gasteiger partial charge on any atom is -0.353 e. The van der Waals surface area contributed by atoms with E-state index in [4.69, 9.17) is 0 Å². The number of aryl methyl sites for hydroxylation is 1. The van der Waals surface area contributed by atoms with Crippen molar-refractivity contribution in [3.63, 3.8) is 0 Å². The Bertz CT molecular complexity index is 900. The van der Waals surface area contributed by atoms with Gasteiger partial charge in [0.25, 0.3) is 0 Å². The van der Waals surface area contributed by atoms with E-state index in [9.17, 15) is 9.59 Å². The summed E-state index contributed by atoms with van der Waals surface area (Å²) in [6, 6.07) is 10.1. The second-order valence-corrected chi connectivity index (χ2v) is 9.10. The molecule has 1 atom stereocenters. The van der Waals surface area contributed by atoms with Crippen LogP contribution in [-0.2, 0) is 28.0 Å². The summed E-state index contributed by atoms with van der Waals surface area (Å²) in [7, 11) is 0. The van der Waals surface area contributed by atoms with Gasteiger partial charge in [-0.1, -0.05) is 30.3 Å². The monoisotopic (exact) mass is 423 g/mol. The third kappa shape index (κ3) is 4.82. The predicted octanol–water partition coefficient (Wildman–Crippen LogP) is 2.29. The fraction of sp³-hybridized carbons (Fsp3) is 0.542. The number of amides is 2. The van der Waals surface area contributed by atoms with Crippen molar-refractivity contribution in [2.24, 2.45) is 0 Å². The van der Waals surface area contributed by atoms with E-state index in [2.05, 4.69) is 32.7 Å². The number of nitrogens with zero attached hydrogens (tertiary/aromatic N) is 2. The second kappa shape index (κ2) is 9.22. The van der Waals surface area contributed by atoms with Crippen LogP contribution >= 0.6 is 0 Å². The van der Waals surface area contributed by atoms with Crippen LogP contribution in [0.3, 0.4) is 0 Å². The minimum atomic E-state index is -0.354. The first-order chi connectivity index (χ1) is 15.0. The average molecular weight is 424 g/mol. The fourth-order valence-electron chi connectivity index (χ4n) is 4.85. The first kappa shape index (κ1) is 21.6. The summed E-state index contributed by atoms with van der Waals surface area (Å²) in [6.07, 6.45) is 6.22. The van der Waals surface area contributed by atoms with Crippen molar-refractivity contribution in [1.29, 1.82) is 0 Å².